The summed E-state index contributed by atoms with van der Waals surface area (Å²) in [6.07, 6.45) is 0. The van der Waals surface area contributed by atoms with Gasteiger partial charge in [0.2, 0.25) is 0 Å². The molecule has 0 amide bonds. The predicted octanol–water partition coefficient (Wildman–Crippen LogP) is 1.51. The number of aromatic nitrogens is 3. The van der Waals surface area contributed by atoms with Crippen LogP contribution in [0.25, 0.3) is 0 Å². The third kappa shape index (κ3) is 5.44. The van der Waals surface area contributed by atoms with Crippen LogP contribution in [-0.4, -0.2) is 28.4 Å². The minimum absolute atomic E-state index is 0.0883. The highest BCUT2D eigenvalue weighted by atomic mass is 35.5. The summed E-state index contributed by atoms with van der Waals surface area (Å²) in [6.45, 7) is 0. The van der Waals surface area contributed by atoms with Gasteiger partial charge < -0.3 is 4.55 Å². The van der Waals surface area contributed by atoms with Crippen molar-refractivity contribution in [3.05, 3.63) is 15.9 Å². The highest BCUT2D eigenvalue weighted by Gasteiger charge is 2.36. The first-order valence-electron chi connectivity index (χ1n) is 3.35. The Morgan fingerprint density at radius 1 is 1.11 bits per heavy atom. The van der Waals surface area contributed by atoms with Crippen LogP contribution in [0.4, 0.5) is 17.7 Å². The topological polar surface area (TPSA) is 86.9 Å². The second-order valence-corrected chi connectivity index (χ2v) is 4.60. The van der Waals surface area contributed by atoms with Crippen molar-refractivity contribution in [1.29, 1.82) is 0 Å². The van der Waals surface area contributed by atoms with Gasteiger partial charge in [0.05, 0.1) is 0 Å². The van der Waals surface area contributed by atoms with Crippen molar-refractivity contribution in [2.75, 3.05) is 0 Å². The van der Waals surface area contributed by atoms with Crippen molar-refractivity contribution in [3.8, 4) is 0 Å². The van der Waals surface area contributed by atoms with E-state index in [1.807, 2.05) is 0 Å². The molecule has 0 unspecified atom stereocenters. The fraction of sp³-hybridized carbons (Fsp3) is 0.250. The second kappa shape index (κ2) is 6.10. The van der Waals surface area contributed by atoms with Gasteiger partial charge in [0, 0.05) is 0 Å². The highest BCUT2D eigenvalue weighted by Crippen LogP contribution is 2.20. The van der Waals surface area contributed by atoms with Gasteiger partial charge >= 0.3 is 21.4 Å². The van der Waals surface area contributed by atoms with Gasteiger partial charge in [-0.25, -0.2) is 8.42 Å². The highest BCUT2D eigenvalue weighted by molar-refractivity contribution is 7.86. The number of rotatable bonds is 0. The van der Waals surface area contributed by atoms with E-state index in [9.17, 15) is 17.7 Å². The Balaban J connectivity index is 0.000000331. The molecule has 1 aromatic heterocycles. The summed E-state index contributed by atoms with van der Waals surface area (Å²) in [5.74, 6) is 0. The minimum atomic E-state index is -6.09. The first-order valence-corrected chi connectivity index (χ1v) is 5.89. The molecule has 6 nitrogen and oxygen atoms in total. The number of halogens is 7. The Labute approximate surface area is 112 Å². The Bertz CT molecular complexity index is 513. The van der Waals surface area contributed by atoms with E-state index in [1.165, 1.54) is 0 Å². The van der Waals surface area contributed by atoms with Crippen LogP contribution in [0.5, 0.6) is 0 Å². The van der Waals surface area contributed by atoms with E-state index in [2.05, 4.69) is 9.97 Å². The Kier molecular flexibility index (Phi) is 5.94. The molecule has 0 fully saturated rings. The van der Waals surface area contributed by atoms with Crippen LogP contribution < -0.4 is 4.79 Å². The molecule has 18 heavy (non-hydrogen) atoms. The molecule has 0 aliphatic heterocycles. The molecular formula is C4Cl3F4N3O3S. The third-order valence-corrected chi connectivity index (χ3v) is 2.18. The Morgan fingerprint density at radius 3 is 1.61 bits per heavy atom. The Hall–Kier alpha value is -0.490. The van der Waals surface area contributed by atoms with Crippen LogP contribution in [0.15, 0.2) is 0 Å². The molecule has 1 rings (SSSR count). The van der Waals surface area contributed by atoms with Gasteiger partial charge in [-0.1, -0.05) is 0 Å². The number of alkyl halides is 3. The van der Waals surface area contributed by atoms with Gasteiger partial charge in [-0.3, -0.25) is 0 Å². The quantitative estimate of drug-likeness (QED) is 0.401. The Morgan fingerprint density at radius 2 is 1.39 bits per heavy atom. The lowest BCUT2D eigenvalue weighted by atomic mass is 11.1. The average molecular weight is 352 g/mol. The summed E-state index contributed by atoms with van der Waals surface area (Å²) in [7, 11) is -6.09. The van der Waals surface area contributed by atoms with Crippen LogP contribution in [0.3, 0.4) is 0 Å². The summed E-state index contributed by atoms with van der Waals surface area (Å²) in [6, 6.07) is 0. The van der Waals surface area contributed by atoms with Gasteiger partial charge in [0.15, 0.2) is 10.1 Å². The third-order valence-electron chi connectivity index (χ3n) is 0.977. The lowest BCUT2D eigenvalue weighted by Crippen LogP contribution is -2.28. The molecule has 0 saturated carbocycles. The van der Waals surface area contributed by atoms with E-state index in [4.69, 9.17) is 47.8 Å². The van der Waals surface area contributed by atoms with Crippen LogP contribution in [-0.2, 0) is 10.1 Å². The molecule has 1 heterocycles. The van der Waals surface area contributed by atoms with E-state index in [0.29, 0.717) is 0 Å². The predicted molar refractivity (Wildman–Crippen MR) is 49.5 cm³/mol. The van der Waals surface area contributed by atoms with Crippen LogP contribution in [0, 0.1) is 0 Å². The first kappa shape index (κ1) is 17.5. The molecule has 1 aromatic rings. The van der Waals surface area contributed by atoms with E-state index < -0.39 is 26.2 Å². The fourth-order valence-electron chi connectivity index (χ4n) is 0.341. The van der Waals surface area contributed by atoms with Crippen LogP contribution >= 0.6 is 34.8 Å². The fourth-order valence-corrected chi connectivity index (χ4v) is 0.951. The number of nitrogens with zero attached hydrogens (tertiary/aromatic N) is 3. The molecular weight excluding hydrogens is 352 g/mol. The van der Waals surface area contributed by atoms with Crippen molar-refractivity contribution in [1.82, 2.24) is 9.97 Å². The zero-order chi connectivity index (χ0) is 14.7. The molecule has 0 atom stereocenters. The summed E-state index contributed by atoms with van der Waals surface area (Å²) in [5, 5.41) is -1.10. The second-order valence-electron chi connectivity index (χ2n) is 2.21. The van der Waals surface area contributed by atoms with Crippen molar-refractivity contribution in [2.24, 2.45) is 0 Å². The van der Waals surface area contributed by atoms with E-state index >= 15 is 0 Å². The molecule has 0 saturated heterocycles. The summed E-state index contributed by atoms with van der Waals surface area (Å²) < 4.78 is 71.3. The van der Waals surface area contributed by atoms with Gasteiger partial charge in [0.1, 0.15) is 0 Å². The zero-order valence-corrected chi connectivity index (χ0v) is 10.7. The molecule has 0 spiro atoms. The molecule has 14 heteroatoms. The van der Waals surface area contributed by atoms with Crippen molar-refractivity contribution < 1.29 is 35.4 Å². The van der Waals surface area contributed by atoms with Gasteiger partial charge in [0.25, 0.3) is 0 Å². The molecule has 0 aliphatic carbocycles. The van der Waals surface area contributed by atoms with Crippen molar-refractivity contribution >= 4 is 44.9 Å². The molecule has 0 aromatic carbocycles. The summed E-state index contributed by atoms with van der Waals surface area (Å²) in [4.78, 5) is 6.43. The molecule has 0 N–H and O–H groups in total. The lowest BCUT2D eigenvalue weighted by molar-refractivity contribution is -0.844. The number of hydrogen-bond acceptors (Lipinski definition) is 5. The van der Waals surface area contributed by atoms with E-state index in [1.54, 1.807) is 0 Å². The SMILES string of the molecule is F[n+]1c(Cl)nc(Cl)nc1Cl.O=S(=O)([O-])C(F)(F)F. The zero-order valence-electron chi connectivity index (χ0n) is 7.62. The maximum Gasteiger partial charge on any atom is 0.485 e. The minimum Gasteiger partial charge on any atom is -0.741 e. The largest absolute Gasteiger partial charge is 0.741 e. The maximum atomic E-state index is 12.4. The molecule has 104 valence electrons. The monoisotopic (exact) mass is 351 g/mol. The summed E-state index contributed by atoms with van der Waals surface area (Å²) >= 11 is 15.6. The standard InChI is InChI=1S/C3Cl3FN3.CHF3O3S/c4-1-8-2(5)10(7)3(6)9-1;2-1(3,4)8(5,6)7/h;(H,5,6,7)/q+1;/p-1. The molecule has 0 radical (unpaired) electrons. The van der Waals surface area contributed by atoms with E-state index in [0.717, 1.165) is 0 Å². The smallest absolute Gasteiger partial charge is 0.485 e. The summed E-state index contributed by atoms with van der Waals surface area (Å²) in [5.41, 5.74) is -5.65. The van der Waals surface area contributed by atoms with Crippen LogP contribution in [0.1, 0.15) is 0 Å². The van der Waals surface area contributed by atoms with Gasteiger partial charge in [-0.15, -0.1) is 0 Å². The van der Waals surface area contributed by atoms with Gasteiger partial charge in [-0.05, 0) is 54.0 Å². The van der Waals surface area contributed by atoms with Crippen molar-refractivity contribution in [2.45, 2.75) is 5.51 Å². The van der Waals surface area contributed by atoms with Gasteiger partial charge in [-0.2, -0.15) is 13.2 Å². The lowest BCUT2D eigenvalue weighted by Gasteiger charge is -2.08. The first-order chi connectivity index (χ1) is 7.86. The average Bonchev–Trinajstić information content (AvgIpc) is 2.11. The van der Waals surface area contributed by atoms with E-state index in [-0.39, 0.29) is 10.1 Å². The molecule has 0 bridgehead atoms. The van der Waals surface area contributed by atoms with Crippen molar-refractivity contribution in [3.63, 3.8) is 0 Å². The number of hydrogen-bond donors (Lipinski definition) is 0. The van der Waals surface area contributed by atoms with Crippen LogP contribution in [0.2, 0.25) is 15.9 Å². The normalized spacial score (nSPS) is 11.8. The maximum absolute atomic E-state index is 12.4. The molecule has 0 aliphatic rings.